The standard InChI is InChI=1S/2C15H13N7O.Pt/c2*23-8-7-21-10-13(17-20-21)11-4-5-12(16-9-11)15-19-18-14-3-1-2-6-22(14)15;/h2*1-6,9-10,23H,7-8H2;/q;;+2. The minimum Gasteiger partial charge on any atom is -0.394 e. The van der Waals surface area contributed by atoms with Gasteiger partial charge in [0, 0.05) is 35.9 Å². The van der Waals surface area contributed by atoms with Crippen LogP contribution in [0.5, 0.6) is 0 Å². The Morgan fingerprint density at radius 3 is 1.38 bits per heavy atom. The quantitative estimate of drug-likeness (QED) is 0.228. The molecule has 8 aromatic rings. The van der Waals surface area contributed by atoms with E-state index in [1.807, 2.05) is 81.9 Å². The fraction of sp³-hybridized carbons (Fsp3) is 0.133. The van der Waals surface area contributed by atoms with Gasteiger partial charge < -0.3 is 10.2 Å². The topological polar surface area (TPSA) is 188 Å². The van der Waals surface area contributed by atoms with Crippen LogP contribution in [0.1, 0.15) is 0 Å². The number of fused-ring (bicyclic) bond motifs is 2. The summed E-state index contributed by atoms with van der Waals surface area (Å²) >= 11 is 0. The average Bonchev–Trinajstić information content (AvgIpc) is 3.92. The second-order valence-electron chi connectivity index (χ2n) is 9.95. The summed E-state index contributed by atoms with van der Waals surface area (Å²) in [6, 6.07) is 19.1. The molecule has 0 atom stereocenters. The molecule has 8 aromatic heterocycles. The predicted octanol–water partition coefficient (Wildman–Crippen LogP) is 2.08. The van der Waals surface area contributed by atoms with Crippen LogP contribution in [0.3, 0.4) is 0 Å². The fourth-order valence-corrected chi connectivity index (χ4v) is 4.67. The van der Waals surface area contributed by atoms with Gasteiger partial charge in [0.2, 0.25) is 0 Å². The molecule has 0 amide bonds. The Kier molecular flexibility index (Phi) is 9.52. The molecule has 0 unspecified atom stereocenters. The fourth-order valence-electron chi connectivity index (χ4n) is 4.67. The average molecular weight is 810 g/mol. The van der Waals surface area contributed by atoms with Gasteiger partial charge in [-0.2, -0.15) is 0 Å². The Labute approximate surface area is 280 Å². The molecule has 0 fully saturated rings. The van der Waals surface area contributed by atoms with Crippen LogP contribution in [-0.2, 0) is 34.2 Å². The van der Waals surface area contributed by atoms with Crippen LogP contribution in [-0.4, -0.2) is 92.6 Å². The molecule has 0 radical (unpaired) electrons. The van der Waals surface area contributed by atoms with Crippen LogP contribution < -0.4 is 0 Å². The number of aliphatic hydroxyl groups excluding tert-OH is 2. The Bertz CT molecular complexity index is 2050. The molecule has 0 spiro atoms. The summed E-state index contributed by atoms with van der Waals surface area (Å²) in [4.78, 5) is 8.91. The summed E-state index contributed by atoms with van der Waals surface area (Å²) in [7, 11) is 0. The summed E-state index contributed by atoms with van der Waals surface area (Å²) in [5.74, 6) is 1.38. The molecule has 16 nitrogen and oxygen atoms in total. The van der Waals surface area contributed by atoms with E-state index >= 15 is 0 Å². The molecule has 0 bridgehead atoms. The minimum absolute atomic E-state index is 0. The van der Waals surface area contributed by atoms with Gasteiger partial charge in [-0.1, -0.05) is 22.6 Å². The van der Waals surface area contributed by atoms with Gasteiger partial charge in [-0.25, -0.2) is 9.36 Å². The monoisotopic (exact) mass is 809 g/mol. The number of aromatic nitrogens is 14. The van der Waals surface area contributed by atoms with Crippen molar-refractivity contribution in [2.45, 2.75) is 13.1 Å². The third kappa shape index (κ3) is 6.70. The predicted molar refractivity (Wildman–Crippen MR) is 165 cm³/mol. The van der Waals surface area contributed by atoms with Crippen molar-refractivity contribution in [3.63, 3.8) is 0 Å². The summed E-state index contributed by atoms with van der Waals surface area (Å²) in [5, 5.41) is 50.5. The van der Waals surface area contributed by atoms with E-state index in [2.05, 4.69) is 51.0 Å². The van der Waals surface area contributed by atoms with Gasteiger partial charge in [-0.05, 0) is 48.5 Å². The first kappa shape index (κ1) is 31.4. The van der Waals surface area contributed by atoms with Crippen molar-refractivity contribution in [3.8, 4) is 45.6 Å². The van der Waals surface area contributed by atoms with E-state index < -0.39 is 0 Å². The molecule has 0 saturated carbocycles. The summed E-state index contributed by atoms with van der Waals surface area (Å²) in [6.07, 6.45) is 10.8. The maximum absolute atomic E-state index is 8.91. The van der Waals surface area contributed by atoms with Crippen LogP contribution >= 0.6 is 0 Å². The van der Waals surface area contributed by atoms with E-state index in [1.165, 1.54) is 0 Å². The van der Waals surface area contributed by atoms with Gasteiger partial charge >= 0.3 is 21.1 Å². The molecule has 0 aliphatic rings. The third-order valence-electron chi connectivity index (χ3n) is 6.94. The molecular formula is C30H26N14O2Pt+2. The van der Waals surface area contributed by atoms with Crippen molar-refractivity contribution in [2.75, 3.05) is 13.2 Å². The molecule has 8 rings (SSSR count). The number of nitrogens with zero attached hydrogens (tertiary/aromatic N) is 14. The molecule has 17 heteroatoms. The van der Waals surface area contributed by atoms with E-state index in [9.17, 15) is 0 Å². The maximum atomic E-state index is 8.91. The van der Waals surface area contributed by atoms with Crippen molar-refractivity contribution in [2.24, 2.45) is 0 Å². The van der Waals surface area contributed by atoms with E-state index in [-0.39, 0.29) is 34.3 Å². The molecule has 0 aliphatic heterocycles. The number of hydrogen-bond donors (Lipinski definition) is 2. The van der Waals surface area contributed by atoms with Crippen LogP contribution in [0, 0.1) is 0 Å². The van der Waals surface area contributed by atoms with Crippen molar-refractivity contribution in [1.82, 2.24) is 69.2 Å². The van der Waals surface area contributed by atoms with Crippen molar-refractivity contribution in [3.05, 3.63) is 97.8 Å². The third-order valence-corrected chi connectivity index (χ3v) is 6.94. The molecule has 236 valence electrons. The maximum Gasteiger partial charge on any atom is 2.00 e. The van der Waals surface area contributed by atoms with Gasteiger partial charge in [0.1, 0.15) is 22.8 Å². The zero-order chi connectivity index (χ0) is 31.3. The Balaban J connectivity index is 0.000000161. The van der Waals surface area contributed by atoms with Crippen molar-refractivity contribution < 1.29 is 31.3 Å². The first-order valence-corrected chi connectivity index (χ1v) is 14.3. The van der Waals surface area contributed by atoms with E-state index in [1.54, 1.807) is 34.2 Å². The van der Waals surface area contributed by atoms with Crippen LogP contribution in [0.4, 0.5) is 0 Å². The first-order chi connectivity index (χ1) is 22.7. The van der Waals surface area contributed by atoms with Gasteiger partial charge in [0.15, 0.2) is 22.9 Å². The Morgan fingerprint density at radius 1 is 0.511 bits per heavy atom. The SMILES string of the molecule is OCCn1cc(-c2ccc(-c3nnc4ccccn34)nc2)nn1.OCCn1cc(-c2ccc(-c3nnc4ccccn34)nc2)nn1.[Pt+2]. The second-order valence-corrected chi connectivity index (χ2v) is 9.95. The molecule has 0 saturated heterocycles. The zero-order valence-electron chi connectivity index (χ0n) is 24.5. The van der Waals surface area contributed by atoms with Gasteiger partial charge in [-0.3, -0.25) is 18.8 Å². The summed E-state index contributed by atoms with van der Waals surface area (Å²) < 4.78 is 6.96. The van der Waals surface area contributed by atoms with Crippen LogP contribution in [0.15, 0.2) is 97.8 Å². The van der Waals surface area contributed by atoms with Gasteiger partial charge in [-0.15, -0.1) is 30.6 Å². The van der Waals surface area contributed by atoms with Crippen molar-refractivity contribution in [1.29, 1.82) is 0 Å². The first-order valence-electron chi connectivity index (χ1n) is 14.3. The van der Waals surface area contributed by atoms with Crippen LogP contribution in [0.2, 0.25) is 0 Å². The number of hydrogen-bond acceptors (Lipinski definition) is 12. The Hall–Kier alpha value is -5.57. The smallest absolute Gasteiger partial charge is 0.394 e. The largest absolute Gasteiger partial charge is 2.00 e. The summed E-state index contributed by atoms with van der Waals surface area (Å²) in [5.41, 5.74) is 6.15. The van der Waals surface area contributed by atoms with E-state index in [0.717, 1.165) is 33.8 Å². The number of rotatable bonds is 8. The normalized spacial score (nSPS) is 10.9. The van der Waals surface area contributed by atoms with Gasteiger partial charge in [0.05, 0.1) is 38.7 Å². The molecule has 0 aromatic carbocycles. The number of pyridine rings is 4. The second kappa shape index (κ2) is 14.2. The Morgan fingerprint density at radius 2 is 0.979 bits per heavy atom. The van der Waals surface area contributed by atoms with Crippen molar-refractivity contribution >= 4 is 11.3 Å². The van der Waals surface area contributed by atoms with E-state index in [4.69, 9.17) is 10.2 Å². The molecule has 47 heavy (non-hydrogen) atoms. The van der Waals surface area contributed by atoms with Crippen LogP contribution in [0.25, 0.3) is 56.8 Å². The molecule has 2 N–H and O–H groups in total. The minimum atomic E-state index is 0. The van der Waals surface area contributed by atoms with E-state index in [0.29, 0.717) is 36.1 Å². The molecule has 8 heterocycles. The molecule has 0 aliphatic carbocycles. The summed E-state index contributed by atoms with van der Waals surface area (Å²) in [6.45, 7) is 0.897. The zero-order valence-corrected chi connectivity index (χ0v) is 26.8. The van der Waals surface area contributed by atoms with Gasteiger partial charge in [0.25, 0.3) is 0 Å². The molecular weight excluding hydrogens is 784 g/mol. The number of aliphatic hydroxyl groups is 2.